The van der Waals surface area contributed by atoms with Crippen LogP contribution in [0, 0.1) is 0 Å². The zero-order valence-corrected chi connectivity index (χ0v) is 23.8. The molecule has 3 aromatic carbocycles. The van der Waals surface area contributed by atoms with Crippen LogP contribution >= 0.6 is 22.9 Å². The highest BCUT2D eigenvalue weighted by Gasteiger charge is 2.33. The molecule has 0 N–H and O–H groups in total. The Morgan fingerprint density at radius 2 is 1.80 bits per heavy atom. The number of aromatic nitrogens is 1. The number of para-hydroxylation sites is 1. The van der Waals surface area contributed by atoms with Gasteiger partial charge in [0.1, 0.15) is 18.1 Å². The number of hydrogen-bond acceptors (Lipinski definition) is 7. The smallest absolute Gasteiger partial charge is 0.338 e. The van der Waals surface area contributed by atoms with Gasteiger partial charge in [0.05, 0.1) is 35.6 Å². The van der Waals surface area contributed by atoms with Crippen molar-refractivity contribution < 1.29 is 19.0 Å². The van der Waals surface area contributed by atoms with Crippen molar-refractivity contribution >= 4 is 35.0 Å². The van der Waals surface area contributed by atoms with E-state index in [1.807, 2.05) is 60.7 Å². The number of allylic oxidation sites excluding steroid dienone is 1. The number of hydrogen-bond donors (Lipinski definition) is 0. The first-order valence-corrected chi connectivity index (χ1v) is 13.9. The lowest BCUT2D eigenvalue weighted by molar-refractivity contribution is -0.139. The summed E-state index contributed by atoms with van der Waals surface area (Å²) in [6.07, 6.45) is 1.80. The van der Waals surface area contributed by atoms with E-state index in [1.54, 1.807) is 43.7 Å². The predicted octanol–water partition coefficient (Wildman–Crippen LogP) is 5.04. The van der Waals surface area contributed by atoms with Crippen molar-refractivity contribution in [2.75, 3.05) is 13.7 Å². The van der Waals surface area contributed by atoms with Crippen molar-refractivity contribution in [3.63, 3.8) is 0 Å². The van der Waals surface area contributed by atoms with Crippen LogP contribution in [0.3, 0.4) is 0 Å². The molecule has 9 heteroatoms. The van der Waals surface area contributed by atoms with E-state index in [9.17, 15) is 9.59 Å². The Kier molecular flexibility index (Phi) is 8.19. The molecular formula is C31H27ClN2O5S. The monoisotopic (exact) mass is 574 g/mol. The van der Waals surface area contributed by atoms with Gasteiger partial charge in [0.15, 0.2) is 4.80 Å². The van der Waals surface area contributed by atoms with Crippen molar-refractivity contribution in [1.29, 1.82) is 0 Å². The van der Waals surface area contributed by atoms with Gasteiger partial charge in [0, 0.05) is 10.6 Å². The molecule has 0 bridgehead atoms. The van der Waals surface area contributed by atoms with Crippen LogP contribution < -0.4 is 24.4 Å². The Labute approximate surface area is 240 Å². The molecule has 5 rings (SSSR count). The second-order valence-electron chi connectivity index (χ2n) is 9.03. The molecule has 0 saturated carbocycles. The number of halogens is 1. The van der Waals surface area contributed by atoms with Gasteiger partial charge in [-0.05, 0) is 61.4 Å². The third kappa shape index (κ3) is 5.59. The van der Waals surface area contributed by atoms with Gasteiger partial charge in [-0.2, -0.15) is 0 Å². The third-order valence-corrected chi connectivity index (χ3v) is 7.70. The second-order valence-corrected chi connectivity index (χ2v) is 10.5. The van der Waals surface area contributed by atoms with Gasteiger partial charge in [-0.1, -0.05) is 65.4 Å². The van der Waals surface area contributed by atoms with E-state index >= 15 is 0 Å². The molecule has 0 radical (unpaired) electrons. The Bertz CT molecular complexity index is 1760. The fourth-order valence-electron chi connectivity index (χ4n) is 4.51. The Hall–Kier alpha value is -4.14. The van der Waals surface area contributed by atoms with Crippen LogP contribution in [0.25, 0.3) is 6.08 Å². The van der Waals surface area contributed by atoms with Crippen LogP contribution in [0.2, 0.25) is 5.02 Å². The number of thiazole rings is 1. The van der Waals surface area contributed by atoms with Gasteiger partial charge in [-0.25, -0.2) is 9.79 Å². The Morgan fingerprint density at radius 3 is 2.50 bits per heavy atom. The van der Waals surface area contributed by atoms with Crippen LogP contribution in [-0.2, 0) is 16.1 Å². The fraction of sp³-hybridized carbons (Fsp3) is 0.194. The fourth-order valence-corrected chi connectivity index (χ4v) is 5.67. The van der Waals surface area contributed by atoms with Crippen molar-refractivity contribution in [3.8, 4) is 11.5 Å². The highest BCUT2D eigenvalue weighted by molar-refractivity contribution is 7.07. The molecule has 4 aromatic rings. The molecule has 1 atom stereocenters. The summed E-state index contributed by atoms with van der Waals surface area (Å²) in [5.41, 5.74) is 3.06. The van der Waals surface area contributed by atoms with E-state index in [-0.39, 0.29) is 12.2 Å². The van der Waals surface area contributed by atoms with E-state index in [1.165, 1.54) is 11.3 Å². The molecule has 0 amide bonds. The molecule has 0 aliphatic carbocycles. The minimum absolute atomic E-state index is 0.210. The molecule has 7 nitrogen and oxygen atoms in total. The standard InChI is InChI=1S/C31H27ClN2O5S/c1-4-38-30(36)27-19(2)33-31-34(28(27)21-11-15-24(37-3)16-12-21)29(35)26(40-31)17-22-7-5-6-8-25(22)39-18-20-9-13-23(32)14-10-20/h5-17,28H,4,18H2,1-3H3/b26-17+/t28-/m1/s1. The van der Waals surface area contributed by atoms with E-state index < -0.39 is 12.0 Å². The average molecular weight is 575 g/mol. The summed E-state index contributed by atoms with van der Waals surface area (Å²) in [6, 6.07) is 21.6. The summed E-state index contributed by atoms with van der Waals surface area (Å²) < 4.78 is 18.8. The highest BCUT2D eigenvalue weighted by Crippen LogP contribution is 2.31. The van der Waals surface area contributed by atoms with E-state index in [0.717, 1.165) is 16.7 Å². The maximum Gasteiger partial charge on any atom is 0.338 e. The lowest BCUT2D eigenvalue weighted by Crippen LogP contribution is -2.39. The van der Waals surface area contributed by atoms with Crippen molar-refractivity contribution in [2.45, 2.75) is 26.5 Å². The first-order valence-electron chi connectivity index (χ1n) is 12.7. The van der Waals surface area contributed by atoms with Gasteiger partial charge in [-0.3, -0.25) is 9.36 Å². The average Bonchev–Trinajstić information content (AvgIpc) is 3.26. The van der Waals surface area contributed by atoms with E-state index in [2.05, 4.69) is 4.99 Å². The highest BCUT2D eigenvalue weighted by atomic mass is 35.5. The van der Waals surface area contributed by atoms with Gasteiger partial charge in [-0.15, -0.1) is 0 Å². The first kappa shape index (κ1) is 27.4. The number of benzene rings is 3. The number of carbonyl (C=O) groups is 1. The lowest BCUT2D eigenvalue weighted by Gasteiger charge is -2.24. The molecule has 0 unspecified atom stereocenters. The summed E-state index contributed by atoms with van der Waals surface area (Å²) in [5, 5.41) is 0.661. The van der Waals surface area contributed by atoms with Gasteiger partial charge in [0.2, 0.25) is 0 Å². The van der Waals surface area contributed by atoms with Crippen LogP contribution in [0.15, 0.2) is 93.9 Å². The molecule has 0 saturated heterocycles. The van der Waals surface area contributed by atoms with Crippen molar-refractivity contribution in [3.05, 3.63) is 125 Å². The Morgan fingerprint density at radius 1 is 1.07 bits per heavy atom. The largest absolute Gasteiger partial charge is 0.497 e. The normalized spacial score (nSPS) is 14.9. The molecule has 0 spiro atoms. The lowest BCUT2D eigenvalue weighted by atomic mass is 9.96. The summed E-state index contributed by atoms with van der Waals surface area (Å²) in [5.74, 6) is 0.808. The van der Waals surface area contributed by atoms with E-state index in [4.69, 9.17) is 25.8 Å². The van der Waals surface area contributed by atoms with Crippen LogP contribution in [0.4, 0.5) is 0 Å². The number of carbonyl (C=O) groups excluding carboxylic acids is 1. The number of rotatable bonds is 8. The zero-order valence-electron chi connectivity index (χ0n) is 22.2. The van der Waals surface area contributed by atoms with Gasteiger partial charge in [0.25, 0.3) is 5.56 Å². The maximum absolute atomic E-state index is 13.9. The number of fused-ring (bicyclic) bond motifs is 1. The first-order chi connectivity index (χ1) is 19.4. The quantitative estimate of drug-likeness (QED) is 0.276. The molecule has 0 fully saturated rings. The molecule has 204 valence electrons. The molecule has 1 aromatic heterocycles. The van der Waals surface area contributed by atoms with Crippen molar-refractivity contribution in [1.82, 2.24) is 4.57 Å². The molecule has 1 aliphatic heterocycles. The minimum Gasteiger partial charge on any atom is -0.497 e. The second kappa shape index (κ2) is 11.9. The van der Waals surface area contributed by atoms with Crippen molar-refractivity contribution in [2.24, 2.45) is 4.99 Å². The minimum atomic E-state index is -0.695. The maximum atomic E-state index is 13.9. The summed E-state index contributed by atoms with van der Waals surface area (Å²) in [7, 11) is 1.59. The Balaban J connectivity index is 1.59. The molecular weight excluding hydrogens is 548 g/mol. The summed E-state index contributed by atoms with van der Waals surface area (Å²) >= 11 is 7.26. The number of esters is 1. The van der Waals surface area contributed by atoms with Crippen LogP contribution in [-0.4, -0.2) is 24.3 Å². The predicted molar refractivity (Wildman–Crippen MR) is 156 cm³/mol. The zero-order chi connectivity index (χ0) is 28.2. The van der Waals surface area contributed by atoms with Crippen LogP contribution in [0.5, 0.6) is 11.5 Å². The topological polar surface area (TPSA) is 79.1 Å². The SMILES string of the molecule is CCOC(=O)C1=C(C)N=c2s/c(=C/c3ccccc3OCc3ccc(Cl)cc3)c(=O)n2[C@@H]1c1ccc(OC)cc1. The van der Waals surface area contributed by atoms with Crippen LogP contribution in [0.1, 0.15) is 36.6 Å². The van der Waals surface area contributed by atoms with E-state index in [0.29, 0.717) is 43.7 Å². The number of methoxy groups -OCH3 is 1. The number of nitrogens with zero attached hydrogens (tertiary/aromatic N) is 2. The number of ether oxygens (including phenoxy) is 3. The molecule has 2 heterocycles. The van der Waals surface area contributed by atoms with Gasteiger partial charge >= 0.3 is 5.97 Å². The summed E-state index contributed by atoms with van der Waals surface area (Å²) in [4.78, 5) is 32.1. The summed E-state index contributed by atoms with van der Waals surface area (Å²) in [6.45, 7) is 4.07. The third-order valence-electron chi connectivity index (χ3n) is 6.46. The molecule has 1 aliphatic rings. The van der Waals surface area contributed by atoms with Gasteiger partial charge < -0.3 is 14.2 Å². The molecule has 40 heavy (non-hydrogen) atoms.